The lowest BCUT2D eigenvalue weighted by molar-refractivity contribution is -0.124. The van der Waals surface area contributed by atoms with Crippen molar-refractivity contribution in [1.82, 2.24) is 14.5 Å². The van der Waals surface area contributed by atoms with Crippen LogP contribution in [0.15, 0.2) is 107 Å². The SMILES string of the molecule is COc1ccc2c(=O)n(C)c(CC(NC(=O)C3(N)CC3)c3c(-c4ccccc4)c4cc(OC)ccc4c(=O)n3C)c(-c3ccccc3)c2c1.Cl. The van der Waals surface area contributed by atoms with Crippen molar-refractivity contribution >= 4 is 39.9 Å². The van der Waals surface area contributed by atoms with Gasteiger partial charge in [-0.05, 0) is 60.4 Å². The van der Waals surface area contributed by atoms with Crippen LogP contribution in [0.25, 0.3) is 43.8 Å². The van der Waals surface area contributed by atoms with Gasteiger partial charge in [0.15, 0.2) is 0 Å². The van der Waals surface area contributed by atoms with E-state index >= 15 is 0 Å². The molecule has 10 heteroatoms. The highest BCUT2D eigenvalue weighted by molar-refractivity contribution is 6.00. The van der Waals surface area contributed by atoms with Crippen LogP contribution < -0.4 is 31.6 Å². The number of methoxy groups -OCH3 is 2. The number of carbonyl (C=O) groups excluding carboxylic acids is 1. The van der Waals surface area contributed by atoms with Gasteiger partial charge in [0.05, 0.1) is 31.5 Å². The Balaban J connectivity index is 0.00000432. The lowest BCUT2D eigenvalue weighted by Gasteiger charge is -2.29. The van der Waals surface area contributed by atoms with Crippen molar-refractivity contribution in [2.75, 3.05) is 14.2 Å². The molecule has 0 spiro atoms. The second-order valence-corrected chi connectivity index (χ2v) is 12.8. The van der Waals surface area contributed by atoms with E-state index in [1.165, 1.54) is 0 Å². The zero-order valence-corrected chi connectivity index (χ0v) is 29.2. The molecule has 0 aliphatic heterocycles. The molecule has 256 valence electrons. The zero-order chi connectivity index (χ0) is 34.4. The first-order chi connectivity index (χ1) is 23.6. The van der Waals surface area contributed by atoms with Gasteiger partial charge < -0.3 is 29.7 Å². The van der Waals surface area contributed by atoms with Crippen LogP contribution in [0, 0.1) is 0 Å². The number of nitrogens with one attached hydrogen (secondary N) is 1. The van der Waals surface area contributed by atoms with E-state index in [9.17, 15) is 14.4 Å². The average molecular weight is 691 g/mol. The topological polar surface area (TPSA) is 118 Å². The van der Waals surface area contributed by atoms with Crippen molar-refractivity contribution in [3.63, 3.8) is 0 Å². The highest BCUT2D eigenvalue weighted by atomic mass is 35.5. The van der Waals surface area contributed by atoms with Crippen LogP contribution in [0.3, 0.4) is 0 Å². The van der Waals surface area contributed by atoms with Gasteiger partial charge in [-0.15, -0.1) is 12.4 Å². The van der Waals surface area contributed by atoms with Gasteiger partial charge in [-0.1, -0.05) is 60.7 Å². The molecular weight excluding hydrogens is 652 g/mol. The maximum atomic E-state index is 14.2. The number of benzene rings is 4. The zero-order valence-electron chi connectivity index (χ0n) is 28.4. The first-order valence-corrected chi connectivity index (χ1v) is 16.3. The van der Waals surface area contributed by atoms with E-state index in [1.54, 1.807) is 61.7 Å². The van der Waals surface area contributed by atoms with Crippen LogP contribution in [0.4, 0.5) is 0 Å². The number of carbonyl (C=O) groups is 1. The van der Waals surface area contributed by atoms with Crippen LogP contribution >= 0.6 is 12.4 Å². The van der Waals surface area contributed by atoms with Gasteiger partial charge >= 0.3 is 0 Å². The number of amides is 1. The molecule has 1 unspecified atom stereocenters. The van der Waals surface area contributed by atoms with Crippen molar-refractivity contribution in [1.29, 1.82) is 0 Å². The molecule has 6 aromatic rings. The quantitative estimate of drug-likeness (QED) is 0.191. The van der Waals surface area contributed by atoms with Crippen molar-refractivity contribution in [3.05, 3.63) is 129 Å². The summed E-state index contributed by atoms with van der Waals surface area (Å²) in [6.07, 6.45) is 1.30. The monoisotopic (exact) mass is 690 g/mol. The maximum Gasteiger partial charge on any atom is 0.258 e. The molecule has 4 aromatic carbocycles. The molecule has 2 heterocycles. The van der Waals surface area contributed by atoms with Gasteiger partial charge in [0.25, 0.3) is 11.1 Å². The second-order valence-electron chi connectivity index (χ2n) is 12.8. The number of aromatic nitrogens is 2. The fraction of sp³-hybridized carbons (Fsp3) is 0.225. The molecule has 0 bridgehead atoms. The fourth-order valence-corrected chi connectivity index (χ4v) is 6.86. The van der Waals surface area contributed by atoms with E-state index in [1.807, 2.05) is 72.8 Å². The number of nitrogens with zero attached hydrogens (tertiary/aromatic N) is 2. The Kier molecular flexibility index (Phi) is 9.31. The first-order valence-electron chi connectivity index (χ1n) is 16.3. The van der Waals surface area contributed by atoms with Gasteiger partial charge in [-0.2, -0.15) is 0 Å². The van der Waals surface area contributed by atoms with Crippen LogP contribution in [-0.2, 0) is 25.3 Å². The molecule has 1 fully saturated rings. The number of halogens is 1. The third-order valence-electron chi connectivity index (χ3n) is 9.77. The molecule has 0 radical (unpaired) electrons. The lowest BCUT2D eigenvalue weighted by atomic mass is 9.89. The van der Waals surface area contributed by atoms with E-state index in [0.29, 0.717) is 51.9 Å². The highest BCUT2D eigenvalue weighted by Gasteiger charge is 2.47. The average Bonchev–Trinajstić information content (AvgIpc) is 3.90. The molecule has 1 atom stereocenters. The minimum absolute atomic E-state index is 0. The summed E-state index contributed by atoms with van der Waals surface area (Å²) < 4.78 is 14.5. The third-order valence-corrected chi connectivity index (χ3v) is 9.77. The smallest absolute Gasteiger partial charge is 0.258 e. The second kappa shape index (κ2) is 13.5. The predicted octanol–water partition coefficient (Wildman–Crippen LogP) is 6.05. The van der Waals surface area contributed by atoms with Gasteiger partial charge in [0.1, 0.15) is 11.5 Å². The molecule has 2 aromatic heterocycles. The van der Waals surface area contributed by atoms with Crippen molar-refractivity contribution in [2.45, 2.75) is 30.8 Å². The van der Waals surface area contributed by atoms with Crippen LogP contribution in [0.5, 0.6) is 11.5 Å². The Hall–Kier alpha value is -5.38. The lowest BCUT2D eigenvalue weighted by Crippen LogP contribution is -2.46. The van der Waals surface area contributed by atoms with E-state index in [0.717, 1.165) is 27.6 Å². The molecule has 3 N–H and O–H groups in total. The minimum atomic E-state index is -0.991. The van der Waals surface area contributed by atoms with Gasteiger partial charge in [-0.3, -0.25) is 14.4 Å². The van der Waals surface area contributed by atoms with Crippen LogP contribution in [0.2, 0.25) is 0 Å². The summed E-state index contributed by atoms with van der Waals surface area (Å²) in [6, 6.07) is 29.7. The van der Waals surface area contributed by atoms with Gasteiger partial charge in [-0.25, -0.2) is 0 Å². The normalized spacial score (nSPS) is 13.8. The van der Waals surface area contributed by atoms with E-state index in [-0.39, 0.29) is 35.9 Å². The Bertz CT molecular complexity index is 2370. The molecule has 50 heavy (non-hydrogen) atoms. The third kappa shape index (κ3) is 5.93. The summed E-state index contributed by atoms with van der Waals surface area (Å²) >= 11 is 0. The number of hydrogen-bond donors (Lipinski definition) is 2. The van der Waals surface area contributed by atoms with Crippen LogP contribution in [-0.4, -0.2) is 34.8 Å². The summed E-state index contributed by atoms with van der Waals surface area (Å²) in [7, 11) is 6.66. The number of hydrogen-bond acceptors (Lipinski definition) is 6. The van der Waals surface area contributed by atoms with Gasteiger partial charge in [0.2, 0.25) is 5.91 Å². The molecule has 1 aliphatic carbocycles. The van der Waals surface area contributed by atoms with Crippen LogP contribution in [0.1, 0.15) is 30.3 Å². The summed E-state index contributed by atoms with van der Waals surface area (Å²) in [5.41, 5.74) is 9.71. The number of rotatable bonds is 9. The minimum Gasteiger partial charge on any atom is -0.497 e. The maximum absolute atomic E-state index is 14.2. The first kappa shape index (κ1) is 34.5. The van der Waals surface area contributed by atoms with Crippen molar-refractivity contribution in [2.24, 2.45) is 19.8 Å². The molecule has 7 rings (SSSR count). The number of ether oxygens (including phenoxy) is 2. The number of nitrogens with two attached hydrogens (primary N) is 1. The summed E-state index contributed by atoms with van der Waals surface area (Å²) in [5, 5.41) is 5.74. The Morgan fingerprint density at radius 1 is 0.740 bits per heavy atom. The Labute approximate surface area is 295 Å². The molecule has 1 saturated carbocycles. The van der Waals surface area contributed by atoms with Crippen molar-refractivity contribution in [3.8, 4) is 33.8 Å². The van der Waals surface area contributed by atoms with E-state index < -0.39 is 11.6 Å². The molecular formula is C40H39ClN4O5. The molecule has 1 amide bonds. The Morgan fingerprint density at radius 2 is 1.22 bits per heavy atom. The predicted molar refractivity (Wildman–Crippen MR) is 200 cm³/mol. The fourth-order valence-electron chi connectivity index (χ4n) is 6.86. The number of pyridine rings is 2. The summed E-state index contributed by atoms with van der Waals surface area (Å²) in [6.45, 7) is 0. The molecule has 0 saturated heterocycles. The number of fused-ring (bicyclic) bond motifs is 2. The standard InChI is InChI=1S/C40H38N4O5.ClH/c1-43-33(34(24-11-7-5-8-12-24)30-21-26(48-3)15-17-28(30)37(43)45)23-32(42-39(47)40(41)19-20-40)36-35(25-13-9-6-10-14-25)31-22-27(49-4)16-18-29(31)38(46)44(36)2;/h5-18,21-22,32H,19-20,23,41H2,1-4H3,(H,42,47);1H. The highest BCUT2D eigenvalue weighted by Crippen LogP contribution is 2.40. The van der Waals surface area contributed by atoms with E-state index in [2.05, 4.69) is 5.32 Å². The van der Waals surface area contributed by atoms with Gasteiger partial charge in [0, 0.05) is 58.9 Å². The van der Waals surface area contributed by atoms with E-state index in [4.69, 9.17) is 15.2 Å². The largest absolute Gasteiger partial charge is 0.497 e. The summed E-state index contributed by atoms with van der Waals surface area (Å²) in [4.78, 5) is 42.1. The molecule has 1 aliphatic rings. The summed E-state index contributed by atoms with van der Waals surface area (Å²) in [5.74, 6) is 0.911. The molecule has 9 nitrogen and oxygen atoms in total. The van der Waals surface area contributed by atoms with Crippen molar-refractivity contribution < 1.29 is 14.3 Å². The Morgan fingerprint density at radius 3 is 1.72 bits per heavy atom.